The summed E-state index contributed by atoms with van der Waals surface area (Å²) >= 11 is 0. The van der Waals surface area contributed by atoms with Crippen molar-refractivity contribution in [3.05, 3.63) is 59.4 Å². The maximum atomic E-state index is 13.8. The van der Waals surface area contributed by atoms with Crippen LogP contribution >= 0.6 is 0 Å². The average molecular weight is 461 g/mol. The van der Waals surface area contributed by atoms with E-state index in [2.05, 4.69) is 5.32 Å². The molecule has 0 aliphatic heterocycles. The molecule has 0 spiro atoms. The molecule has 33 heavy (non-hydrogen) atoms. The molecule has 2 N–H and O–H groups in total. The number of carbonyl (C=O) groups is 3. The Morgan fingerprint density at radius 2 is 1.79 bits per heavy atom. The predicted molar refractivity (Wildman–Crippen MR) is 118 cm³/mol. The number of methoxy groups -OCH3 is 1. The summed E-state index contributed by atoms with van der Waals surface area (Å²) in [6, 6.07) is 9.44. The first-order valence-electron chi connectivity index (χ1n) is 10.3. The Morgan fingerprint density at radius 1 is 1.09 bits per heavy atom. The van der Waals surface area contributed by atoms with Crippen molar-refractivity contribution in [2.45, 2.75) is 51.9 Å². The second kappa shape index (κ2) is 11.3. The van der Waals surface area contributed by atoms with Crippen LogP contribution in [0, 0.1) is 5.82 Å². The van der Waals surface area contributed by atoms with Crippen LogP contribution in [0.5, 0.6) is 11.5 Å². The van der Waals surface area contributed by atoms with Crippen molar-refractivity contribution in [3.63, 3.8) is 0 Å². The molecule has 0 aliphatic carbocycles. The number of carboxylic acids is 1. The van der Waals surface area contributed by atoms with E-state index in [9.17, 15) is 23.9 Å². The van der Waals surface area contributed by atoms with E-state index in [0.717, 1.165) is 0 Å². The third-order valence-corrected chi connectivity index (χ3v) is 4.48. The standard InChI is InChI=1S/C24H28FNO7/c1-24(2,3)33-23(30)26-18(22(28)29)10-11-19(27)15-9-12-20(21(13-15)31-4)32-14-16-7-5-6-8-17(16)25/h5-9,12-13,18H,10-11,14H2,1-4H3,(H,26,30)(H,28,29)/t18-/m0/s1. The number of alkyl carbamates (subject to hydrolysis) is 1. The molecule has 2 rings (SSSR count). The van der Waals surface area contributed by atoms with Crippen LogP contribution in [0.4, 0.5) is 9.18 Å². The Bertz CT molecular complexity index is 1000. The summed E-state index contributed by atoms with van der Waals surface area (Å²) in [6.07, 6.45) is -1.13. The van der Waals surface area contributed by atoms with E-state index in [1.807, 2.05) is 0 Å². The molecule has 2 aromatic carbocycles. The van der Waals surface area contributed by atoms with E-state index >= 15 is 0 Å². The quantitative estimate of drug-likeness (QED) is 0.506. The molecule has 0 saturated heterocycles. The molecular formula is C24H28FNO7. The number of aliphatic carboxylic acids is 1. The van der Waals surface area contributed by atoms with Gasteiger partial charge in [-0.2, -0.15) is 0 Å². The second-order valence-corrected chi connectivity index (χ2v) is 8.24. The number of benzene rings is 2. The lowest BCUT2D eigenvalue weighted by atomic mass is 10.0. The van der Waals surface area contributed by atoms with Gasteiger partial charge in [0.15, 0.2) is 17.3 Å². The van der Waals surface area contributed by atoms with Gasteiger partial charge in [-0.1, -0.05) is 18.2 Å². The Balaban J connectivity index is 2.01. The largest absolute Gasteiger partial charge is 0.493 e. The molecular weight excluding hydrogens is 433 g/mol. The van der Waals surface area contributed by atoms with Gasteiger partial charge in [-0.05, 0) is 51.5 Å². The number of rotatable bonds is 10. The van der Waals surface area contributed by atoms with Crippen LogP contribution in [0.2, 0.25) is 0 Å². The van der Waals surface area contributed by atoms with Crippen molar-refractivity contribution >= 4 is 17.8 Å². The molecule has 0 bridgehead atoms. The van der Waals surface area contributed by atoms with Gasteiger partial charge in [0.1, 0.15) is 24.1 Å². The molecule has 2 aromatic rings. The minimum Gasteiger partial charge on any atom is -0.493 e. The summed E-state index contributed by atoms with van der Waals surface area (Å²) in [5.41, 5.74) is -0.126. The topological polar surface area (TPSA) is 111 Å². The first-order valence-corrected chi connectivity index (χ1v) is 10.3. The molecule has 0 saturated carbocycles. The van der Waals surface area contributed by atoms with Crippen molar-refractivity contribution < 1.29 is 38.1 Å². The molecule has 1 atom stereocenters. The van der Waals surface area contributed by atoms with Gasteiger partial charge in [-0.15, -0.1) is 0 Å². The van der Waals surface area contributed by atoms with Crippen LogP contribution in [0.15, 0.2) is 42.5 Å². The molecule has 1 amide bonds. The number of ketones is 1. The molecule has 0 radical (unpaired) electrons. The van der Waals surface area contributed by atoms with Gasteiger partial charge in [0, 0.05) is 17.5 Å². The van der Waals surface area contributed by atoms with E-state index in [1.54, 1.807) is 39.0 Å². The average Bonchev–Trinajstić information content (AvgIpc) is 2.74. The summed E-state index contributed by atoms with van der Waals surface area (Å²) in [5.74, 6) is -1.41. The van der Waals surface area contributed by atoms with E-state index < -0.39 is 29.5 Å². The van der Waals surface area contributed by atoms with Crippen LogP contribution in [0.1, 0.15) is 49.5 Å². The summed E-state index contributed by atoms with van der Waals surface area (Å²) in [5, 5.41) is 11.6. The highest BCUT2D eigenvalue weighted by atomic mass is 19.1. The number of nitrogens with one attached hydrogen (secondary N) is 1. The van der Waals surface area contributed by atoms with Crippen molar-refractivity contribution in [3.8, 4) is 11.5 Å². The van der Waals surface area contributed by atoms with Gasteiger partial charge in [0.05, 0.1) is 7.11 Å². The van der Waals surface area contributed by atoms with E-state index in [0.29, 0.717) is 11.3 Å². The van der Waals surface area contributed by atoms with Gasteiger partial charge in [-0.25, -0.2) is 14.0 Å². The van der Waals surface area contributed by atoms with Crippen molar-refractivity contribution in [1.82, 2.24) is 5.32 Å². The summed E-state index contributed by atoms with van der Waals surface area (Å²) in [4.78, 5) is 35.9. The number of hydrogen-bond acceptors (Lipinski definition) is 6. The van der Waals surface area contributed by atoms with Gasteiger partial charge in [0.25, 0.3) is 0 Å². The molecule has 0 unspecified atom stereocenters. The Kier molecular flexibility index (Phi) is 8.78. The zero-order valence-electron chi connectivity index (χ0n) is 19.0. The van der Waals surface area contributed by atoms with Crippen LogP contribution in [-0.2, 0) is 16.1 Å². The number of amides is 1. The minimum absolute atomic E-state index is 0.0209. The van der Waals surface area contributed by atoms with Crippen molar-refractivity contribution in [2.24, 2.45) is 0 Å². The third-order valence-electron chi connectivity index (χ3n) is 4.48. The fourth-order valence-electron chi connectivity index (χ4n) is 2.86. The summed E-state index contributed by atoms with van der Waals surface area (Å²) in [6.45, 7) is 4.95. The number of carbonyl (C=O) groups excluding carboxylic acids is 2. The maximum absolute atomic E-state index is 13.8. The lowest BCUT2D eigenvalue weighted by Crippen LogP contribution is -2.43. The fraction of sp³-hybridized carbons (Fsp3) is 0.375. The first-order chi connectivity index (χ1) is 15.5. The van der Waals surface area contributed by atoms with Gasteiger partial charge in [-0.3, -0.25) is 4.79 Å². The monoisotopic (exact) mass is 461 g/mol. The lowest BCUT2D eigenvalue weighted by molar-refractivity contribution is -0.139. The number of Topliss-reactive ketones (excluding diaryl/α,β-unsaturated/α-hetero) is 1. The first kappa shape index (κ1) is 25.6. The minimum atomic E-state index is -1.28. The molecule has 8 nitrogen and oxygen atoms in total. The van der Waals surface area contributed by atoms with Crippen LogP contribution in [0.25, 0.3) is 0 Å². The van der Waals surface area contributed by atoms with Gasteiger partial charge < -0.3 is 24.6 Å². The molecule has 9 heteroatoms. The number of halogens is 1. The van der Waals surface area contributed by atoms with Crippen LogP contribution in [0.3, 0.4) is 0 Å². The SMILES string of the molecule is COc1cc(C(=O)CC[C@H](NC(=O)OC(C)(C)C)C(=O)O)ccc1OCc1ccccc1F. The second-order valence-electron chi connectivity index (χ2n) is 8.24. The van der Waals surface area contributed by atoms with Crippen LogP contribution < -0.4 is 14.8 Å². The normalized spacial score (nSPS) is 11.9. The molecule has 0 aromatic heterocycles. The Labute approximate surface area is 191 Å². The van der Waals surface area contributed by atoms with E-state index in [1.165, 1.54) is 31.4 Å². The highest BCUT2D eigenvalue weighted by Gasteiger charge is 2.25. The summed E-state index contributed by atoms with van der Waals surface area (Å²) < 4.78 is 29.7. The number of carboxylic acid groups (broad SMARTS) is 1. The molecule has 0 aliphatic rings. The van der Waals surface area contributed by atoms with Gasteiger partial charge in [0.2, 0.25) is 0 Å². The zero-order valence-corrected chi connectivity index (χ0v) is 19.0. The zero-order chi connectivity index (χ0) is 24.6. The fourth-order valence-corrected chi connectivity index (χ4v) is 2.86. The Hall–Kier alpha value is -3.62. The van der Waals surface area contributed by atoms with Crippen molar-refractivity contribution in [1.29, 1.82) is 0 Å². The number of ether oxygens (including phenoxy) is 3. The maximum Gasteiger partial charge on any atom is 0.408 e. The van der Waals surface area contributed by atoms with Crippen molar-refractivity contribution in [2.75, 3.05) is 7.11 Å². The van der Waals surface area contributed by atoms with E-state index in [-0.39, 0.29) is 36.5 Å². The predicted octanol–water partition coefficient (Wildman–Crippen LogP) is 4.35. The smallest absolute Gasteiger partial charge is 0.408 e. The highest BCUT2D eigenvalue weighted by molar-refractivity contribution is 5.97. The lowest BCUT2D eigenvalue weighted by Gasteiger charge is -2.21. The summed E-state index contributed by atoms with van der Waals surface area (Å²) in [7, 11) is 1.41. The number of hydrogen-bond donors (Lipinski definition) is 2. The Morgan fingerprint density at radius 3 is 2.39 bits per heavy atom. The van der Waals surface area contributed by atoms with E-state index in [4.69, 9.17) is 14.2 Å². The molecule has 178 valence electrons. The van der Waals surface area contributed by atoms with Gasteiger partial charge >= 0.3 is 12.1 Å². The van der Waals surface area contributed by atoms with Crippen LogP contribution in [-0.4, -0.2) is 41.7 Å². The third kappa shape index (κ3) is 8.10. The molecule has 0 fully saturated rings. The molecule has 0 heterocycles. The highest BCUT2D eigenvalue weighted by Crippen LogP contribution is 2.29.